The molecule has 1 saturated heterocycles. The summed E-state index contributed by atoms with van der Waals surface area (Å²) in [7, 11) is -3.56. The summed E-state index contributed by atoms with van der Waals surface area (Å²) in [4.78, 5) is 4.25. The molecule has 0 bridgehead atoms. The predicted octanol–water partition coefficient (Wildman–Crippen LogP) is 0.514. The summed E-state index contributed by atoms with van der Waals surface area (Å²) in [6.07, 6.45) is 1.03. The smallest absolute Gasteiger partial charge is 0.244 e. The largest absolute Gasteiger partial charge is 0.388 e. The van der Waals surface area contributed by atoms with E-state index in [2.05, 4.69) is 4.98 Å². The molecule has 110 valence electrons. The Bertz CT molecular complexity index is 591. The number of sulfonamides is 1. The van der Waals surface area contributed by atoms with Gasteiger partial charge in [-0.1, -0.05) is 12.2 Å². The maximum Gasteiger partial charge on any atom is 0.244 e. The van der Waals surface area contributed by atoms with Crippen molar-refractivity contribution in [1.29, 1.82) is 0 Å². The summed E-state index contributed by atoms with van der Waals surface area (Å²) in [5.74, 6) is 0. The van der Waals surface area contributed by atoms with E-state index >= 15 is 0 Å². The molecule has 0 spiro atoms. The zero-order valence-corrected chi connectivity index (χ0v) is 12.9. The number of nitrogens with zero attached hydrogens (tertiary/aromatic N) is 2. The van der Waals surface area contributed by atoms with Crippen LogP contribution >= 0.6 is 12.2 Å². The van der Waals surface area contributed by atoms with Crippen molar-refractivity contribution in [2.24, 2.45) is 5.73 Å². The van der Waals surface area contributed by atoms with Gasteiger partial charge in [-0.2, -0.15) is 4.31 Å². The van der Waals surface area contributed by atoms with Crippen molar-refractivity contribution >= 4 is 27.2 Å². The van der Waals surface area contributed by atoms with Crippen LogP contribution in [0.3, 0.4) is 0 Å². The molecule has 6 nitrogen and oxygen atoms in total. The third-order valence-electron chi connectivity index (χ3n) is 3.01. The molecule has 0 unspecified atom stereocenters. The molecule has 0 aromatic carbocycles. The number of thiocarbonyl (C=S) groups is 1. The van der Waals surface area contributed by atoms with Crippen LogP contribution in [0.4, 0.5) is 0 Å². The highest BCUT2D eigenvalue weighted by Crippen LogP contribution is 2.20. The molecule has 8 heteroatoms. The van der Waals surface area contributed by atoms with E-state index in [0.717, 1.165) is 0 Å². The van der Waals surface area contributed by atoms with Crippen molar-refractivity contribution in [3.8, 4) is 0 Å². The second kappa shape index (κ2) is 5.72. The molecule has 0 radical (unpaired) electrons. The van der Waals surface area contributed by atoms with Crippen LogP contribution in [-0.4, -0.2) is 48.0 Å². The van der Waals surface area contributed by atoms with Crippen LogP contribution in [0.25, 0.3) is 0 Å². The van der Waals surface area contributed by atoms with Gasteiger partial charge in [0.25, 0.3) is 0 Å². The predicted molar refractivity (Wildman–Crippen MR) is 78.9 cm³/mol. The highest BCUT2D eigenvalue weighted by molar-refractivity contribution is 7.89. The quantitative estimate of drug-likeness (QED) is 0.818. The Morgan fingerprint density at radius 2 is 2.00 bits per heavy atom. The van der Waals surface area contributed by atoms with Gasteiger partial charge in [0.1, 0.15) is 9.88 Å². The van der Waals surface area contributed by atoms with Gasteiger partial charge in [-0.05, 0) is 26.0 Å². The molecular weight excluding hydrogens is 298 g/mol. The minimum Gasteiger partial charge on any atom is -0.388 e. The average Bonchev–Trinajstić information content (AvgIpc) is 2.37. The van der Waals surface area contributed by atoms with Crippen molar-refractivity contribution in [3.63, 3.8) is 0 Å². The lowest BCUT2D eigenvalue weighted by atomic mass is 10.3. The second-order valence-electron chi connectivity index (χ2n) is 4.82. The van der Waals surface area contributed by atoms with E-state index < -0.39 is 10.0 Å². The van der Waals surface area contributed by atoms with Crippen LogP contribution in [0.15, 0.2) is 23.2 Å². The third kappa shape index (κ3) is 3.14. The molecule has 2 rings (SSSR count). The summed E-state index contributed by atoms with van der Waals surface area (Å²) < 4.78 is 32.0. The van der Waals surface area contributed by atoms with Gasteiger partial charge in [0, 0.05) is 19.3 Å². The van der Waals surface area contributed by atoms with Crippen molar-refractivity contribution in [3.05, 3.63) is 24.0 Å². The second-order valence-corrected chi connectivity index (χ2v) is 7.20. The fraction of sp³-hybridized carbons (Fsp3) is 0.500. The van der Waals surface area contributed by atoms with Crippen LogP contribution in [0, 0.1) is 0 Å². The number of nitrogens with two attached hydrogens (primary N) is 1. The van der Waals surface area contributed by atoms with Gasteiger partial charge < -0.3 is 10.5 Å². The molecule has 2 N–H and O–H groups in total. The van der Waals surface area contributed by atoms with E-state index in [1.807, 2.05) is 13.8 Å². The SMILES string of the molecule is C[C@@H]1CN(S(=O)(=O)c2ccc(C(N)=S)nc2)C[C@H](C)O1. The lowest BCUT2D eigenvalue weighted by Gasteiger charge is -2.34. The first kappa shape index (κ1) is 15.3. The number of morpholine rings is 1. The van der Waals surface area contributed by atoms with E-state index in [4.69, 9.17) is 22.7 Å². The number of aromatic nitrogens is 1. The van der Waals surface area contributed by atoms with Crippen LogP contribution in [0.5, 0.6) is 0 Å². The van der Waals surface area contributed by atoms with Crippen molar-refractivity contribution in [1.82, 2.24) is 9.29 Å². The molecule has 2 atom stereocenters. The zero-order valence-electron chi connectivity index (χ0n) is 11.3. The summed E-state index contributed by atoms with van der Waals surface area (Å²) in [5, 5.41) is 0. The Morgan fingerprint density at radius 1 is 1.40 bits per heavy atom. The lowest BCUT2D eigenvalue weighted by Crippen LogP contribution is -2.48. The molecule has 0 amide bonds. The molecule has 1 aliphatic rings. The monoisotopic (exact) mass is 315 g/mol. The highest BCUT2D eigenvalue weighted by atomic mass is 32.2. The summed E-state index contributed by atoms with van der Waals surface area (Å²) in [6, 6.07) is 2.99. The summed E-state index contributed by atoms with van der Waals surface area (Å²) >= 11 is 4.79. The minimum absolute atomic E-state index is 0.127. The Balaban J connectivity index is 2.27. The van der Waals surface area contributed by atoms with Gasteiger partial charge in [-0.15, -0.1) is 0 Å². The Hall–Kier alpha value is -1.09. The summed E-state index contributed by atoms with van der Waals surface area (Å²) in [6.45, 7) is 4.38. The molecular formula is C12H17N3O3S2. The van der Waals surface area contributed by atoms with Crippen LogP contribution in [0.1, 0.15) is 19.5 Å². The van der Waals surface area contributed by atoms with E-state index in [1.54, 1.807) is 0 Å². The number of hydrogen-bond acceptors (Lipinski definition) is 5. The van der Waals surface area contributed by atoms with E-state index in [0.29, 0.717) is 18.8 Å². The normalized spacial score (nSPS) is 24.5. The standard InChI is InChI=1S/C12H17N3O3S2/c1-8-6-15(7-9(2)18-8)20(16,17)10-3-4-11(12(13)19)14-5-10/h3-5,8-9H,6-7H2,1-2H3,(H2,13,19)/t8-,9+. The molecule has 1 fully saturated rings. The number of rotatable bonds is 3. The van der Waals surface area contributed by atoms with Gasteiger partial charge in [0.05, 0.1) is 17.9 Å². The van der Waals surface area contributed by atoms with Crippen LogP contribution < -0.4 is 5.73 Å². The highest BCUT2D eigenvalue weighted by Gasteiger charge is 2.32. The topological polar surface area (TPSA) is 85.5 Å². The number of ether oxygens (including phenoxy) is 1. The molecule has 0 saturated carbocycles. The first-order chi connectivity index (χ1) is 9.30. The number of pyridine rings is 1. The molecule has 0 aliphatic carbocycles. The van der Waals surface area contributed by atoms with Gasteiger partial charge in [0.2, 0.25) is 10.0 Å². The molecule has 2 heterocycles. The first-order valence-electron chi connectivity index (χ1n) is 6.22. The zero-order chi connectivity index (χ0) is 14.9. The fourth-order valence-corrected chi connectivity index (χ4v) is 3.81. The average molecular weight is 315 g/mol. The minimum atomic E-state index is -3.56. The first-order valence-corrected chi connectivity index (χ1v) is 8.07. The Kier molecular flexibility index (Phi) is 4.38. The van der Waals surface area contributed by atoms with E-state index in [1.165, 1.54) is 22.6 Å². The van der Waals surface area contributed by atoms with Gasteiger partial charge >= 0.3 is 0 Å². The molecule has 1 aromatic rings. The number of hydrogen-bond donors (Lipinski definition) is 1. The fourth-order valence-electron chi connectivity index (χ4n) is 2.15. The molecule has 1 aliphatic heterocycles. The van der Waals surface area contributed by atoms with E-state index in [-0.39, 0.29) is 22.1 Å². The Morgan fingerprint density at radius 3 is 2.45 bits per heavy atom. The van der Waals surface area contributed by atoms with Gasteiger partial charge in [-0.25, -0.2) is 8.42 Å². The third-order valence-corrected chi connectivity index (χ3v) is 5.04. The van der Waals surface area contributed by atoms with Gasteiger partial charge in [-0.3, -0.25) is 4.98 Å². The lowest BCUT2D eigenvalue weighted by molar-refractivity contribution is -0.0440. The maximum absolute atomic E-state index is 12.5. The van der Waals surface area contributed by atoms with Crippen LogP contribution in [-0.2, 0) is 14.8 Å². The molecule has 20 heavy (non-hydrogen) atoms. The van der Waals surface area contributed by atoms with Crippen molar-refractivity contribution < 1.29 is 13.2 Å². The van der Waals surface area contributed by atoms with Crippen molar-refractivity contribution in [2.45, 2.75) is 31.0 Å². The van der Waals surface area contributed by atoms with Crippen molar-refractivity contribution in [2.75, 3.05) is 13.1 Å². The maximum atomic E-state index is 12.5. The van der Waals surface area contributed by atoms with E-state index in [9.17, 15) is 8.42 Å². The molecule has 1 aromatic heterocycles. The Labute approximate surface area is 124 Å². The van der Waals surface area contributed by atoms with Crippen LogP contribution in [0.2, 0.25) is 0 Å². The van der Waals surface area contributed by atoms with Gasteiger partial charge in [0.15, 0.2) is 0 Å². The summed E-state index contributed by atoms with van der Waals surface area (Å²) in [5.41, 5.74) is 5.85.